The Labute approximate surface area is 152 Å². The maximum Gasteiger partial charge on any atom is 0.224 e. The minimum Gasteiger partial charge on any atom is -0.492 e. The van der Waals surface area contributed by atoms with Crippen molar-refractivity contribution in [2.45, 2.75) is 33.1 Å². The molecule has 0 atom stereocenters. The van der Waals surface area contributed by atoms with Gasteiger partial charge in [0.25, 0.3) is 0 Å². The number of nitrogens with zero attached hydrogens (tertiary/aromatic N) is 2. The number of nitrogens with one attached hydrogen (secondary N) is 2. The van der Waals surface area contributed by atoms with E-state index in [9.17, 15) is 4.79 Å². The van der Waals surface area contributed by atoms with Crippen molar-refractivity contribution >= 4 is 29.0 Å². The van der Waals surface area contributed by atoms with Crippen molar-refractivity contribution in [3.63, 3.8) is 0 Å². The van der Waals surface area contributed by atoms with E-state index in [1.165, 1.54) is 0 Å². The second-order valence-corrected chi connectivity index (χ2v) is 6.24. The Bertz CT molecular complexity index is 795. The first-order chi connectivity index (χ1) is 12.1. The second-order valence-electron chi connectivity index (χ2n) is 5.88. The Morgan fingerprint density at radius 3 is 2.96 bits per heavy atom. The monoisotopic (exact) mass is 360 g/mol. The highest BCUT2D eigenvalue weighted by atomic mass is 35.5. The van der Waals surface area contributed by atoms with Crippen LogP contribution in [0.4, 0.5) is 11.5 Å². The summed E-state index contributed by atoms with van der Waals surface area (Å²) < 4.78 is 5.80. The summed E-state index contributed by atoms with van der Waals surface area (Å²) in [6, 6.07) is 5.74. The Kier molecular flexibility index (Phi) is 5.38. The van der Waals surface area contributed by atoms with E-state index in [1.807, 2.05) is 32.0 Å². The number of amides is 1. The number of hydrogen-bond donors (Lipinski definition) is 2. The molecule has 0 saturated heterocycles. The average Bonchev–Trinajstić information content (AvgIpc) is 2.58. The lowest BCUT2D eigenvalue weighted by Crippen LogP contribution is -2.19. The zero-order valence-electron chi connectivity index (χ0n) is 14.4. The van der Waals surface area contributed by atoms with Gasteiger partial charge in [0.1, 0.15) is 29.2 Å². The fourth-order valence-electron chi connectivity index (χ4n) is 2.81. The molecule has 0 spiro atoms. The van der Waals surface area contributed by atoms with Crippen molar-refractivity contribution < 1.29 is 9.53 Å². The molecule has 1 aromatic heterocycles. The minimum atomic E-state index is 0.0656. The predicted octanol–water partition coefficient (Wildman–Crippen LogP) is 3.38. The summed E-state index contributed by atoms with van der Waals surface area (Å²) in [4.78, 5) is 20.0. The average molecular weight is 361 g/mol. The van der Waals surface area contributed by atoms with Gasteiger partial charge < -0.3 is 15.4 Å². The van der Waals surface area contributed by atoms with Crippen LogP contribution >= 0.6 is 11.6 Å². The molecule has 0 radical (unpaired) electrons. The van der Waals surface area contributed by atoms with Crippen LogP contribution in [0.25, 0.3) is 0 Å². The first kappa shape index (κ1) is 17.5. The van der Waals surface area contributed by atoms with E-state index in [1.54, 1.807) is 0 Å². The SMILES string of the molecule is CCc1c(Cl)nc(C)nc1NCCOc1ccc2c(c1)CCC(=O)N2. The summed E-state index contributed by atoms with van der Waals surface area (Å²) in [6.07, 6.45) is 2.03. The summed E-state index contributed by atoms with van der Waals surface area (Å²) in [5.74, 6) is 2.26. The molecule has 0 unspecified atom stereocenters. The molecule has 25 heavy (non-hydrogen) atoms. The van der Waals surface area contributed by atoms with E-state index >= 15 is 0 Å². The third kappa shape index (κ3) is 4.20. The first-order valence-electron chi connectivity index (χ1n) is 8.39. The molecule has 2 aromatic rings. The molecule has 0 aliphatic carbocycles. The van der Waals surface area contributed by atoms with E-state index in [-0.39, 0.29) is 5.91 Å². The van der Waals surface area contributed by atoms with Crippen molar-refractivity contribution in [1.82, 2.24) is 9.97 Å². The summed E-state index contributed by atoms with van der Waals surface area (Å²) >= 11 is 6.17. The summed E-state index contributed by atoms with van der Waals surface area (Å²) in [5, 5.41) is 6.63. The van der Waals surface area contributed by atoms with Gasteiger partial charge in [-0.1, -0.05) is 18.5 Å². The maximum atomic E-state index is 11.4. The van der Waals surface area contributed by atoms with Crippen LogP contribution in [0.2, 0.25) is 5.15 Å². The largest absolute Gasteiger partial charge is 0.492 e. The number of rotatable bonds is 6. The van der Waals surface area contributed by atoms with Crippen LogP contribution in [0.15, 0.2) is 18.2 Å². The Morgan fingerprint density at radius 1 is 1.32 bits per heavy atom. The van der Waals surface area contributed by atoms with Gasteiger partial charge in [0, 0.05) is 17.7 Å². The Hall–Kier alpha value is -2.34. The number of anilines is 2. The highest BCUT2D eigenvalue weighted by Gasteiger charge is 2.15. The Balaban J connectivity index is 1.57. The third-order valence-electron chi connectivity index (χ3n) is 4.06. The van der Waals surface area contributed by atoms with E-state index in [0.29, 0.717) is 30.5 Å². The summed E-state index contributed by atoms with van der Waals surface area (Å²) in [7, 11) is 0. The fourth-order valence-corrected chi connectivity index (χ4v) is 3.15. The van der Waals surface area contributed by atoms with E-state index in [2.05, 4.69) is 20.6 Å². The molecule has 1 aliphatic rings. The number of hydrogen-bond acceptors (Lipinski definition) is 5. The van der Waals surface area contributed by atoms with Crippen molar-refractivity contribution in [3.8, 4) is 5.75 Å². The highest BCUT2D eigenvalue weighted by Crippen LogP contribution is 2.27. The quantitative estimate of drug-likeness (QED) is 0.610. The number of benzene rings is 1. The molecule has 0 saturated carbocycles. The van der Waals surface area contributed by atoms with Gasteiger partial charge in [0.2, 0.25) is 5.91 Å². The van der Waals surface area contributed by atoms with E-state index < -0.39 is 0 Å². The molecular weight excluding hydrogens is 340 g/mol. The molecule has 1 aromatic carbocycles. The maximum absolute atomic E-state index is 11.4. The van der Waals surface area contributed by atoms with Crippen LogP contribution in [0.5, 0.6) is 5.75 Å². The van der Waals surface area contributed by atoms with Crippen LogP contribution in [0.3, 0.4) is 0 Å². The molecule has 132 valence electrons. The third-order valence-corrected chi connectivity index (χ3v) is 4.37. The molecule has 1 aliphatic heterocycles. The summed E-state index contributed by atoms with van der Waals surface area (Å²) in [5.41, 5.74) is 2.90. The predicted molar refractivity (Wildman–Crippen MR) is 98.5 cm³/mol. The molecule has 7 heteroatoms. The molecule has 2 heterocycles. The normalized spacial score (nSPS) is 13.2. The van der Waals surface area contributed by atoms with Crippen LogP contribution in [-0.2, 0) is 17.6 Å². The van der Waals surface area contributed by atoms with Crippen molar-refractivity contribution in [2.24, 2.45) is 0 Å². The number of aromatic nitrogens is 2. The van der Waals surface area contributed by atoms with Crippen LogP contribution in [0.1, 0.15) is 30.3 Å². The number of ether oxygens (including phenoxy) is 1. The van der Waals surface area contributed by atoms with Gasteiger partial charge >= 0.3 is 0 Å². The van der Waals surface area contributed by atoms with Gasteiger partial charge in [-0.05, 0) is 43.5 Å². The fraction of sp³-hybridized carbons (Fsp3) is 0.389. The molecule has 3 rings (SSSR count). The zero-order chi connectivity index (χ0) is 17.8. The van der Waals surface area contributed by atoms with Crippen LogP contribution in [0, 0.1) is 6.92 Å². The number of carbonyl (C=O) groups is 1. The molecule has 6 nitrogen and oxygen atoms in total. The number of fused-ring (bicyclic) bond motifs is 1. The molecule has 0 fully saturated rings. The second kappa shape index (κ2) is 7.70. The van der Waals surface area contributed by atoms with Gasteiger partial charge in [-0.25, -0.2) is 9.97 Å². The van der Waals surface area contributed by atoms with Gasteiger partial charge in [0.15, 0.2) is 0 Å². The van der Waals surface area contributed by atoms with Gasteiger partial charge in [0.05, 0.1) is 6.54 Å². The van der Waals surface area contributed by atoms with Crippen molar-refractivity contribution in [3.05, 3.63) is 40.3 Å². The minimum absolute atomic E-state index is 0.0656. The number of carbonyl (C=O) groups excluding carboxylic acids is 1. The molecule has 0 bridgehead atoms. The summed E-state index contributed by atoms with van der Waals surface area (Å²) in [6.45, 7) is 4.94. The lowest BCUT2D eigenvalue weighted by molar-refractivity contribution is -0.116. The van der Waals surface area contributed by atoms with Crippen LogP contribution in [-0.4, -0.2) is 29.0 Å². The smallest absolute Gasteiger partial charge is 0.224 e. The van der Waals surface area contributed by atoms with Gasteiger partial charge in [-0.15, -0.1) is 0 Å². The van der Waals surface area contributed by atoms with Crippen molar-refractivity contribution in [1.29, 1.82) is 0 Å². The zero-order valence-corrected chi connectivity index (χ0v) is 15.1. The number of aryl methyl sites for hydroxylation is 2. The topological polar surface area (TPSA) is 76.1 Å². The first-order valence-corrected chi connectivity index (χ1v) is 8.77. The van der Waals surface area contributed by atoms with Crippen LogP contribution < -0.4 is 15.4 Å². The van der Waals surface area contributed by atoms with E-state index in [0.717, 1.165) is 41.2 Å². The Morgan fingerprint density at radius 2 is 2.16 bits per heavy atom. The number of halogens is 1. The van der Waals surface area contributed by atoms with Gasteiger partial charge in [-0.2, -0.15) is 0 Å². The standard InChI is InChI=1S/C18H21ClN4O2/c1-3-14-17(19)21-11(2)22-18(14)20-8-9-25-13-5-6-15-12(10-13)4-7-16(24)23-15/h5-6,10H,3-4,7-9H2,1-2H3,(H,23,24)(H,20,21,22). The lowest BCUT2D eigenvalue weighted by Gasteiger charge is -2.18. The highest BCUT2D eigenvalue weighted by molar-refractivity contribution is 6.30. The van der Waals surface area contributed by atoms with Crippen molar-refractivity contribution in [2.75, 3.05) is 23.8 Å². The molecule has 1 amide bonds. The molecule has 2 N–H and O–H groups in total. The van der Waals surface area contributed by atoms with E-state index in [4.69, 9.17) is 16.3 Å². The molecular formula is C18H21ClN4O2. The van der Waals surface area contributed by atoms with Gasteiger partial charge in [-0.3, -0.25) is 4.79 Å². The lowest BCUT2D eigenvalue weighted by atomic mass is 10.0.